The number of benzene rings is 1. The summed E-state index contributed by atoms with van der Waals surface area (Å²) in [6.07, 6.45) is 1.17. The van der Waals surface area contributed by atoms with Gasteiger partial charge < -0.3 is 10.2 Å². The molecule has 104 valence electrons. The van der Waals surface area contributed by atoms with Gasteiger partial charge in [-0.2, -0.15) is 0 Å². The van der Waals surface area contributed by atoms with E-state index in [-0.39, 0.29) is 5.54 Å². The third-order valence-corrected chi connectivity index (χ3v) is 4.78. The zero-order valence-electron chi connectivity index (χ0n) is 12.4. The van der Waals surface area contributed by atoms with Crippen LogP contribution >= 0.6 is 0 Å². The molecule has 3 heteroatoms. The van der Waals surface area contributed by atoms with E-state index >= 15 is 0 Å². The van der Waals surface area contributed by atoms with Crippen molar-refractivity contribution in [2.24, 2.45) is 0 Å². The van der Waals surface area contributed by atoms with Gasteiger partial charge in [-0.15, -0.1) is 0 Å². The molecule has 0 unspecified atom stereocenters. The molecule has 1 aromatic rings. The molecule has 0 bridgehead atoms. The van der Waals surface area contributed by atoms with E-state index in [1.54, 1.807) is 0 Å². The monoisotopic (exact) mass is 259 g/mol. The molecular weight excluding hydrogens is 234 g/mol. The topological polar surface area (TPSA) is 18.5 Å². The molecule has 19 heavy (non-hydrogen) atoms. The average Bonchev–Trinajstić information content (AvgIpc) is 2.41. The summed E-state index contributed by atoms with van der Waals surface area (Å²) in [6.45, 7) is 10.2. The Kier molecular flexibility index (Phi) is 3.27. The third kappa shape index (κ3) is 2.37. The molecule has 0 saturated carbocycles. The fourth-order valence-corrected chi connectivity index (χ4v) is 3.24. The number of rotatable bonds is 1. The van der Waals surface area contributed by atoms with Crippen LogP contribution in [0.4, 0.5) is 5.69 Å². The predicted octanol–water partition coefficient (Wildman–Crippen LogP) is 1.86. The van der Waals surface area contributed by atoms with Crippen molar-refractivity contribution in [3.63, 3.8) is 0 Å². The van der Waals surface area contributed by atoms with E-state index < -0.39 is 0 Å². The van der Waals surface area contributed by atoms with Crippen LogP contribution in [0.15, 0.2) is 18.2 Å². The Balaban J connectivity index is 1.90. The number of piperazine rings is 1. The van der Waals surface area contributed by atoms with E-state index in [1.807, 2.05) is 0 Å². The Morgan fingerprint density at radius 1 is 1.21 bits per heavy atom. The highest BCUT2D eigenvalue weighted by Crippen LogP contribution is 2.30. The fourth-order valence-electron chi connectivity index (χ4n) is 3.24. The van der Waals surface area contributed by atoms with Gasteiger partial charge in [0.1, 0.15) is 0 Å². The van der Waals surface area contributed by atoms with Crippen LogP contribution in [-0.2, 0) is 13.0 Å². The molecule has 0 aliphatic carbocycles. The van der Waals surface area contributed by atoms with E-state index in [9.17, 15) is 0 Å². The second-order valence-electron chi connectivity index (χ2n) is 6.50. The highest BCUT2D eigenvalue weighted by atomic mass is 15.3. The van der Waals surface area contributed by atoms with Crippen LogP contribution in [0.1, 0.15) is 25.0 Å². The highest BCUT2D eigenvalue weighted by molar-refractivity contribution is 5.58. The van der Waals surface area contributed by atoms with Gasteiger partial charge in [0, 0.05) is 37.4 Å². The smallest absolute Gasteiger partial charge is 0.0415 e. The molecule has 1 fully saturated rings. The third-order valence-electron chi connectivity index (χ3n) is 4.78. The van der Waals surface area contributed by atoms with Crippen molar-refractivity contribution in [2.45, 2.75) is 32.4 Å². The Bertz CT molecular complexity index is 467. The fraction of sp³-hybridized carbons (Fsp3) is 0.625. The first-order chi connectivity index (χ1) is 9.08. The number of nitrogens with zero attached hydrogens (tertiary/aromatic N) is 2. The van der Waals surface area contributed by atoms with Crippen LogP contribution in [0.3, 0.4) is 0 Å². The largest absolute Gasteiger partial charge is 0.368 e. The van der Waals surface area contributed by atoms with Crippen LogP contribution < -0.4 is 10.2 Å². The summed E-state index contributed by atoms with van der Waals surface area (Å²) in [4.78, 5) is 5.04. The van der Waals surface area contributed by atoms with Crippen molar-refractivity contribution in [3.05, 3.63) is 29.3 Å². The van der Waals surface area contributed by atoms with Crippen LogP contribution in [0.5, 0.6) is 0 Å². The zero-order chi connectivity index (χ0) is 13.5. The number of fused-ring (bicyclic) bond motifs is 1. The molecule has 1 N–H and O–H groups in total. The van der Waals surface area contributed by atoms with Crippen LogP contribution in [0.2, 0.25) is 0 Å². The quantitative estimate of drug-likeness (QED) is 0.830. The number of hydrogen-bond acceptors (Lipinski definition) is 3. The van der Waals surface area contributed by atoms with Crippen LogP contribution in [0.25, 0.3) is 0 Å². The van der Waals surface area contributed by atoms with Crippen molar-refractivity contribution < 1.29 is 0 Å². The van der Waals surface area contributed by atoms with Gasteiger partial charge in [-0.05, 0) is 51.1 Å². The van der Waals surface area contributed by atoms with Gasteiger partial charge in [0.05, 0.1) is 0 Å². The first kappa shape index (κ1) is 12.9. The molecular formula is C16H25N3. The van der Waals surface area contributed by atoms with E-state index in [1.165, 1.54) is 23.2 Å². The average molecular weight is 259 g/mol. The van der Waals surface area contributed by atoms with Gasteiger partial charge >= 0.3 is 0 Å². The Morgan fingerprint density at radius 2 is 2.05 bits per heavy atom. The normalized spacial score (nSPS) is 23.2. The molecule has 3 rings (SSSR count). The molecule has 0 aromatic heterocycles. The van der Waals surface area contributed by atoms with Gasteiger partial charge in [-0.3, -0.25) is 4.90 Å². The molecule has 1 aromatic carbocycles. The lowest BCUT2D eigenvalue weighted by molar-refractivity contribution is 0.138. The van der Waals surface area contributed by atoms with Gasteiger partial charge in [0.15, 0.2) is 0 Å². The first-order valence-electron chi connectivity index (χ1n) is 7.35. The lowest BCUT2D eigenvalue weighted by Gasteiger charge is -2.47. The minimum Gasteiger partial charge on any atom is -0.368 e. The van der Waals surface area contributed by atoms with E-state index in [0.29, 0.717) is 0 Å². The molecule has 0 spiro atoms. The maximum absolute atomic E-state index is 3.51. The minimum absolute atomic E-state index is 0.253. The van der Waals surface area contributed by atoms with Crippen molar-refractivity contribution >= 4 is 5.69 Å². The SMILES string of the molecule is CN1CCN(c2cccc3c2CNCC3)CC1(C)C. The summed E-state index contributed by atoms with van der Waals surface area (Å²) in [6, 6.07) is 6.82. The van der Waals surface area contributed by atoms with E-state index in [2.05, 4.69) is 54.2 Å². The number of likely N-dealkylation sites (N-methyl/N-ethyl adjacent to an activating group) is 1. The second-order valence-corrected chi connectivity index (χ2v) is 6.50. The van der Waals surface area contributed by atoms with Crippen molar-refractivity contribution in [3.8, 4) is 0 Å². The Morgan fingerprint density at radius 3 is 2.84 bits per heavy atom. The van der Waals surface area contributed by atoms with Crippen molar-refractivity contribution in [2.75, 3.05) is 38.1 Å². The highest BCUT2D eigenvalue weighted by Gasteiger charge is 2.32. The maximum atomic E-state index is 3.51. The maximum Gasteiger partial charge on any atom is 0.0415 e. The van der Waals surface area contributed by atoms with Gasteiger partial charge in [0.2, 0.25) is 0 Å². The van der Waals surface area contributed by atoms with Crippen LogP contribution in [-0.4, -0.2) is 43.7 Å². The molecule has 2 aliphatic heterocycles. The summed E-state index contributed by atoms with van der Waals surface area (Å²) >= 11 is 0. The number of hydrogen-bond donors (Lipinski definition) is 1. The predicted molar refractivity (Wildman–Crippen MR) is 80.8 cm³/mol. The van der Waals surface area contributed by atoms with E-state index in [0.717, 1.165) is 32.7 Å². The molecule has 0 amide bonds. The minimum atomic E-state index is 0.253. The Hall–Kier alpha value is -1.06. The standard InChI is InChI=1S/C16H25N3/c1-16(2)12-19(10-9-18(16)3)15-6-4-5-13-7-8-17-11-14(13)15/h4-6,17H,7-12H2,1-3H3. The molecule has 0 atom stereocenters. The molecule has 2 aliphatic rings. The molecule has 0 radical (unpaired) electrons. The second kappa shape index (κ2) is 4.80. The van der Waals surface area contributed by atoms with Crippen LogP contribution in [0, 0.1) is 0 Å². The first-order valence-corrected chi connectivity index (χ1v) is 7.35. The summed E-state index contributed by atoms with van der Waals surface area (Å²) in [5.41, 5.74) is 4.76. The lowest BCUT2D eigenvalue weighted by Crippen LogP contribution is -2.58. The summed E-state index contributed by atoms with van der Waals surface area (Å²) in [7, 11) is 2.24. The Labute approximate surface area is 116 Å². The molecule has 1 saturated heterocycles. The van der Waals surface area contributed by atoms with Crippen molar-refractivity contribution in [1.29, 1.82) is 0 Å². The van der Waals surface area contributed by atoms with Gasteiger partial charge in [-0.25, -0.2) is 0 Å². The lowest BCUT2D eigenvalue weighted by atomic mass is 9.95. The summed E-state index contributed by atoms with van der Waals surface area (Å²) in [5.74, 6) is 0. The summed E-state index contributed by atoms with van der Waals surface area (Å²) < 4.78 is 0. The summed E-state index contributed by atoms with van der Waals surface area (Å²) in [5, 5.41) is 3.51. The molecule has 2 heterocycles. The molecule has 3 nitrogen and oxygen atoms in total. The van der Waals surface area contributed by atoms with E-state index in [4.69, 9.17) is 0 Å². The van der Waals surface area contributed by atoms with Crippen molar-refractivity contribution in [1.82, 2.24) is 10.2 Å². The number of nitrogens with one attached hydrogen (secondary N) is 1. The zero-order valence-corrected chi connectivity index (χ0v) is 12.4. The number of anilines is 1. The van der Waals surface area contributed by atoms with Gasteiger partial charge in [-0.1, -0.05) is 12.1 Å². The van der Waals surface area contributed by atoms with Gasteiger partial charge in [0.25, 0.3) is 0 Å².